The minimum absolute atomic E-state index is 0.0251. The van der Waals surface area contributed by atoms with Crippen molar-refractivity contribution in [3.05, 3.63) is 28.7 Å². The second-order valence-corrected chi connectivity index (χ2v) is 4.54. The van der Waals surface area contributed by atoms with Gasteiger partial charge >= 0.3 is 0 Å². The number of hydrogen-bond acceptors (Lipinski definition) is 2. The Hall–Kier alpha value is -1.25. The molecule has 0 saturated heterocycles. The van der Waals surface area contributed by atoms with Crippen LogP contribution in [-0.4, -0.2) is 10.6 Å². The molecule has 1 aromatic heterocycles. The fraction of sp³-hybridized carbons (Fsp3) is 0.583. The molecule has 1 aromatic rings. The highest BCUT2D eigenvalue weighted by atomic mass is 16.1. The van der Waals surface area contributed by atoms with Gasteiger partial charge in [0.15, 0.2) is 0 Å². The van der Waals surface area contributed by atoms with Crippen LogP contribution < -0.4 is 10.9 Å². The van der Waals surface area contributed by atoms with Gasteiger partial charge in [0.1, 0.15) is 0 Å². The Bertz CT molecular complexity index is 368. The summed E-state index contributed by atoms with van der Waals surface area (Å²) in [6, 6.07) is 3.85. The molecule has 1 atom stereocenters. The van der Waals surface area contributed by atoms with Crippen LogP contribution in [0, 0.1) is 5.92 Å². The molecule has 15 heavy (non-hydrogen) atoms. The lowest BCUT2D eigenvalue weighted by molar-refractivity contribution is 0.539. The second kappa shape index (κ2) is 5.01. The fourth-order valence-corrected chi connectivity index (χ4v) is 1.73. The highest BCUT2D eigenvalue weighted by Crippen LogP contribution is 2.10. The largest absolute Gasteiger partial charge is 0.381 e. The van der Waals surface area contributed by atoms with E-state index in [4.69, 9.17) is 0 Å². The molecular weight excluding hydrogens is 188 g/mol. The maximum Gasteiger partial charge on any atom is 0.250 e. The lowest BCUT2D eigenvalue weighted by Crippen LogP contribution is -2.20. The SMILES string of the molecule is CC(C)CC(C)Nc1ccc(=O)n(C)c1. The van der Waals surface area contributed by atoms with Gasteiger partial charge in [0.2, 0.25) is 5.56 Å². The molecule has 0 radical (unpaired) electrons. The van der Waals surface area contributed by atoms with Crippen molar-refractivity contribution < 1.29 is 0 Å². The highest BCUT2D eigenvalue weighted by Gasteiger charge is 2.04. The lowest BCUT2D eigenvalue weighted by Gasteiger charge is -2.17. The number of aryl methyl sites for hydroxylation is 1. The second-order valence-electron chi connectivity index (χ2n) is 4.54. The third-order valence-corrected chi connectivity index (χ3v) is 2.32. The Morgan fingerprint density at radius 3 is 2.53 bits per heavy atom. The first-order chi connectivity index (χ1) is 6.99. The third-order valence-electron chi connectivity index (χ3n) is 2.32. The van der Waals surface area contributed by atoms with E-state index >= 15 is 0 Å². The normalized spacial score (nSPS) is 12.9. The van der Waals surface area contributed by atoms with E-state index in [0.29, 0.717) is 12.0 Å². The van der Waals surface area contributed by atoms with Crippen LogP contribution in [0.5, 0.6) is 0 Å². The van der Waals surface area contributed by atoms with Crippen molar-refractivity contribution in [3.63, 3.8) is 0 Å². The summed E-state index contributed by atoms with van der Waals surface area (Å²) in [5, 5.41) is 3.38. The monoisotopic (exact) mass is 208 g/mol. The molecule has 0 fully saturated rings. The van der Waals surface area contributed by atoms with Crippen molar-refractivity contribution in [2.45, 2.75) is 33.2 Å². The van der Waals surface area contributed by atoms with Gasteiger partial charge in [0, 0.05) is 25.4 Å². The summed E-state index contributed by atoms with van der Waals surface area (Å²) in [5.74, 6) is 0.681. The molecule has 1 heterocycles. The van der Waals surface area contributed by atoms with E-state index in [1.807, 2.05) is 12.3 Å². The molecule has 0 spiro atoms. The smallest absolute Gasteiger partial charge is 0.250 e. The van der Waals surface area contributed by atoms with Crippen LogP contribution in [0.2, 0.25) is 0 Å². The van der Waals surface area contributed by atoms with Crippen molar-refractivity contribution in [1.82, 2.24) is 4.57 Å². The predicted octanol–water partition coefficient (Wildman–Crippen LogP) is 2.23. The van der Waals surface area contributed by atoms with Crippen molar-refractivity contribution in [1.29, 1.82) is 0 Å². The molecule has 0 aliphatic carbocycles. The molecule has 0 saturated carbocycles. The van der Waals surface area contributed by atoms with Gasteiger partial charge in [-0.1, -0.05) is 13.8 Å². The van der Waals surface area contributed by atoms with Crippen molar-refractivity contribution in [2.24, 2.45) is 13.0 Å². The topological polar surface area (TPSA) is 34.0 Å². The first-order valence-corrected chi connectivity index (χ1v) is 5.42. The molecule has 0 aliphatic heterocycles. The van der Waals surface area contributed by atoms with Gasteiger partial charge < -0.3 is 9.88 Å². The minimum Gasteiger partial charge on any atom is -0.381 e. The van der Waals surface area contributed by atoms with E-state index in [1.54, 1.807) is 17.7 Å². The molecule has 1 rings (SSSR count). The Balaban J connectivity index is 2.64. The zero-order chi connectivity index (χ0) is 11.4. The maximum absolute atomic E-state index is 11.2. The van der Waals surface area contributed by atoms with Crippen LogP contribution in [0.4, 0.5) is 5.69 Å². The maximum atomic E-state index is 11.2. The van der Waals surface area contributed by atoms with Crippen LogP contribution in [0.25, 0.3) is 0 Å². The van der Waals surface area contributed by atoms with E-state index in [0.717, 1.165) is 12.1 Å². The van der Waals surface area contributed by atoms with E-state index < -0.39 is 0 Å². The van der Waals surface area contributed by atoms with Gasteiger partial charge in [-0.3, -0.25) is 4.79 Å². The fourth-order valence-electron chi connectivity index (χ4n) is 1.73. The minimum atomic E-state index is 0.0251. The number of pyridine rings is 1. The van der Waals surface area contributed by atoms with E-state index in [1.165, 1.54) is 0 Å². The van der Waals surface area contributed by atoms with Gasteiger partial charge in [-0.15, -0.1) is 0 Å². The number of nitrogens with zero attached hydrogens (tertiary/aromatic N) is 1. The average molecular weight is 208 g/mol. The van der Waals surface area contributed by atoms with Gasteiger partial charge in [-0.2, -0.15) is 0 Å². The van der Waals surface area contributed by atoms with E-state index in [2.05, 4.69) is 26.1 Å². The van der Waals surface area contributed by atoms with E-state index in [-0.39, 0.29) is 5.56 Å². The Morgan fingerprint density at radius 2 is 2.00 bits per heavy atom. The molecule has 0 aliphatic rings. The first-order valence-electron chi connectivity index (χ1n) is 5.42. The molecule has 1 N–H and O–H groups in total. The number of hydrogen-bond donors (Lipinski definition) is 1. The van der Waals surface area contributed by atoms with Crippen LogP contribution >= 0.6 is 0 Å². The molecular formula is C12H20N2O. The molecule has 0 aromatic carbocycles. The van der Waals surface area contributed by atoms with Crippen LogP contribution in [0.15, 0.2) is 23.1 Å². The summed E-state index contributed by atoms with van der Waals surface area (Å²) < 4.78 is 1.59. The average Bonchev–Trinajstić information content (AvgIpc) is 2.10. The summed E-state index contributed by atoms with van der Waals surface area (Å²) in [6.07, 6.45) is 2.96. The molecule has 84 valence electrons. The Morgan fingerprint density at radius 1 is 1.33 bits per heavy atom. The van der Waals surface area contributed by atoms with Crippen LogP contribution in [0.1, 0.15) is 27.2 Å². The molecule has 3 nitrogen and oxygen atoms in total. The van der Waals surface area contributed by atoms with Crippen molar-refractivity contribution >= 4 is 5.69 Å². The Kier molecular flexibility index (Phi) is 3.95. The molecule has 3 heteroatoms. The van der Waals surface area contributed by atoms with Gasteiger partial charge in [-0.05, 0) is 25.3 Å². The number of anilines is 1. The van der Waals surface area contributed by atoms with Gasteiger partial charge in [-0.25, -0.2) is 0 Å². The zero-order valence-corrected chi connectivity index (χ0v) is 9.95. The van der Waals surface area contributed by atoms with E-state index in [9.17, 15) is 4.79 Å². The first kappa shape index (κ1) is 11.8. The summed E-state index contributed by atoms with van der Waals surface area (Å²) in [7, 11) is 1.76. The standard InChI is InChI=1S/C12H20N2O/c1-9(2)7-10(3)13-11-5-6-12(15)14(4)8-11/h5-6,8-10,13H,7H2,1-4H3. The number of aromatic nitrogens is 1. The van der Waals surface area contributed by atoms with Crippen LogP contribution in [-0.2, 0) is 7.05 Å². The number of nitrogens with one attached hydrogen (secondary N) is 1. The summed E-state index contributed by atoms with van der Waals surface area (Å²) in [6.45, 7) is 6.57. The zero-order valence-electron chi connectivity index (χ0n) is 9.95. The summed E-state index contributed by atoms with van der Waals surface area (Å²) in [5.41, 5.74) is 1.03. The van der Waals surface area contributed by atoms with Gasteiger partial charge in [0.05, 0.1) is 5.69 Å². The van der Waals surface area contributed by atoms with Crippen LogP contribution in [0.3, 0.4) is 0 Å². The lowest BCUT2D eigenvalue weighted by atomic mass is 10.1. The third kappa shape index (κ3) is 3.78. The molecule has 0 bridgehead atoms. The Labute approximate surface area is 91.1 Å². The molecule has 0 amide bonds. The van der Waals surface area contributed by atoms with Crippen molar-refractivity contribution in [2.75, 3.05) is 5.32 Å². The molecule has 1 unspecified atom stereocenters. The summed E-state index contributed by atoms with van der Waals surface area (Å²) in [4.78, 5) is 11.2. The van der Waals surface area contributed by atoms with Gasteiger partial charge in [0.25, 0.3) is 0 Å². The van der Waals surface area contributed by atoms with Crippen molar-refractivity contribution in [3.8, 4) is 0 Å². The quantitative estimate of drug-likeness (QED) is 0.823. The number of rotatable bonds is 4. The predicted molar refractivity (Wildman–Crippen MR) is 64.2 cm³/mol. The highest BCUT2D eigenvalue weighted by molar-refractivity contribution is 5.40. The summed E-state index contributed by atoms with van der Waals surface area (Å²) >= 11 is 0.